The van der Waals surface area contributed by atoms with Crippen molar-refractivity contribution in [1.82, 2.24) is 16.2 Å². The molecular formula is C17H16FN3O3S. The van der Waals surface area contributed by atoms with Crippen molar-refractivity contribution in [2.24, 2.45) is 0 Å². The topological polar surface area (TPSA) is 87.3 Å². The summed E-state index contributed by atoms with van der Waals surface area (Å²) in [5.74, 6) is -2.53. The Morgan fingerprint density at radius 1 is 1.08 bits per heavy atom. The van der Waals surface area contributed by atoms with Crippen LogP contribution in [-0.2, 0) is 9.59 Å². The fourth-order valence-electron chi connectivity index (χ4n) is 2.19. The van der Waals surface area contributed by atoms with Crippen LogP contribution >= 0.6 is 11.3 Å². The van der Waals surface area contributed by atoms with E-state index in [2.05, 4.69) is 16.2 Å². The minimum atomic E-state index is -0.910. The van der Waals surface area contributed by atoms with E-state index in [4.69, 9.17) is 0 Å². The molecule has 0 atom stereocenters. The number of hydrogen-bond donors (Lipinski definition) is 3. The molecule has 1 saturated carbocycles. The van der Waals surface area contributed by atoms with Gasteiger partial charge in [-0.05, 0) is 49.1 Å². The number of aryl methyl sites for hydroxylation is 1. The van der Waals surface area contributed by atoms with E-state index in [-0.39, 0.29) is 11.9 Å². The van der Waals surface area contributed by atoms with Crippen LogP contribution in [0.2, 0.25) is 0 Å². The molecule has 8 heteroatoms. The highest BCUT2D eigenvalue weighted by molar-refractivity contribution is 7.17. The molecule has 25 heavy (non-hydrogen) atoms. The van der Waals surface area contributed by atoms with Crippen molar-refractivity contribution in [2.45, 2.75) is 25.8 Å². The Hall–Kier alpha value is -2.74. The lowest BCUT2D eigenvalue weighted by Crippen LogP contribution is -2.48. The van der Waals surface area contributed by atoms with Gasteiger partial charge in [0.05, 0.1) is 4.88 Å². The molecule has 0 spiro atoms. The van der Waals surface area contributed by atoms with Gasteiger partial charge < -0.3 is 5.32 Å². The summed E-state index contributed by atoms with van der Waals surface area (Å²) in [6.07, 6.45) is 1.73. The summed E-state index contributed by atoms with van der Waals surface area (Å²) in [5, 5.41) is 2.53. The van der Waals surface area contributed by atoms with Gasteiger partial charge in [0.25, 0.3) is 5.91 Å². The summed E-state index contributed by atoms with van der Waals surface area (Å²) in [7, 11) is 0. The van der Waals surface area contributed by atoms with E-state index in [9.17, 15) is 18.8 Å². The zero-order valence-electron chi connectivity index (χ0n) is 13.4. The van der Waals surface area contributed by atoms with Crippen molar-refractivity contribution in [1.29, 1.82) is 0 Å². The first-order chi connectivity index (χ1) is 11.9. The molecule has 3 N–H and O–H groups in total. The average molecular weight is 361 g/mol. The van der Waals surface area contributed by atoms with Crippen LogP contribution in [0.3, 0.4) is 0 Å². The molecular weight excluding hydrogens is 345 g/mol. The molecule has 3 rings (SSSR count). The number of hydrazine groups is 1. The van der Waals surface area contributed by atoms with E-state index >= 15 is 0 Å². The number of nitrogens with one attached hydrogen (secondary N) is 3. The number of thiophene rings is 1. The lowest BCUT2D eigenvalue weighted by Gasteiger charge is -2.06. The van der Waals surface area contributed by atoms with Crippen LogP contribution in [0, 0.1) is 12.7 Å². The van der Waals surface area contributed by atoms with Gasteiger partial charge in [0.2, 0.25) is 0 Å². The molecule has 6 nitrogen and oxygen atoms in total. The zero-order valence-corrected chi connectivity index (χ0v) is 14.2. The molecule has 0 aliphatic heterocycles. The predicted octanol–water partition coefficient (Wildman–Crippen LogP) is 1.90. The minimum absolute atomic E-state index is 0.0622. The maximum Gasteiger partial charge on any atom is 0.327 e. The Balaban J connectivity index is 1.62. The van der Waals surface area contributed by atoms with Crippen LogP contribution in [0.4, 0.5) is 4.39 Å². The number of rotatable bonds is 3. The normalized spacial score (nSPS) is 13.2. The molecule has 3 amide bonds. The van der Waals surface area contributed by atoms with Crippen molar-refractivity contribution in [2.75, 3.05) is 0 Å². The van der Waals surface area contributed by atoms with E-state index in [1.165, 1.54) is 23.5 Å². The molecule has 1 heterocycles. The number of halogens is 1. The lowest BCUT2D eigenvalue weighted by molar-refractivity contribution is -0.139. The largest absolute Gasteiger partial charge is 0.345 e. The van der Waals surface area contributed by atoms with Crippen LogP contribution in [-0.4, -0.2) is 23.8 Å². The average Bonchev–Trinajstić information content (AvgIpc) is 3.32. The smallest absolute Gasteiger partial charge is 0.327 e. The van der Waals surface area contributed by atoms with Gasteiger partial charge in [-0.25, -0.2) is 4.39 Å². The van der Waals surface area contributed by atoms with E-state index in [1.807, 2.05) is 6.92 Å². The SMILES string of the molecule is Cc1cc(C(=O)NNC(=O)C(=O)NC2CC2)sc1-c1ccc(F)cc1. The predicted molar refractivity (Wildman–Crippen MR) is 91.2 cm³/mol. The Morgan fingerprint density at radius 2 is 1.76 bits per heavy atom. The quantitative estimate of drug-likeness (QED) is 0.576. The van der Waals surface area contributed by atoms with Gasteiger partial charge >= 0.3 is 11.8 Å². The Bertz CT molecular complexity index is 828. The molecule has 0 saturated heterocycles. The summed E-state index contributed by atoms with van der Waals surface area (Å²) < 4.78 is 13.0. The number of hydrogen-bond acceptors (Lipinski definition) is 4. The van der Waals surface area contributed by atoms with Crippen LogP contribution in [0.1, 0.15) is 28.1 Å². The second-order valence-electron chi connectivity index (χ2n) is 5.79. The summed E-state index contributed by atoms with van der Waals surface area (Å²) in [5.41, 5.74) is 5.98. The molecule has 2 aromatic rings. The minimum Gasteiger partial charge on any atom is -0.345 e. The molecule has 0 unspecified atom stereocenters. The molecule has 0 radical (unpaired) electrons. The summed E-state index contributed by atoms with van der Waals surface area (Å²) in [6.45, 7) is 1.84. The number of carbonyl (C=O) groups is 3. The summed E-state index contributed by atoms with van der Waals surface area (Å²) in [6, 6.07) is 7.72. The summed E-state index contributed by atoms with van der Waals surface area (Å²) >= 11 is 1.22. The fraction of sp³-hybridized carbons (Fsp3) is 0.235. The highest BCUT2D eigenvalue weighted by Crippen LogP contribution is 2.32. The molecule has 1 fully saturated rings. The van der Waals surface area contributed by atoms with Gasteiger partial charge in [0.15, 0.2) is 0 Å². The van der Waals surface area contributed by atoms with Crippen molar-refractivity contribution in [3.8, 4) is 10.4 Å². The second-order valence-corrected chi connectivity index (χ2v) is 6.84. The first-order valence-corrected chi connectivity index (χ1v) is 8.53. The van der Waals surface area contributed by atoms with Crippen molar-refractivity contribution >= 4 is 29.1 Å². The molecule has 130 valence electrons. The Kier molecular flexibility index (Phi) is 4.80. The number of carbonyl (C=O) groups excluding carboxylic acids is 3. The van der Waals surface area contributed by atoms with Crippen molar-refractivity contribution in [3.05, 3.63) is 46.6 Å². The highest BCUT2D eigenvalue weighted by atomic mass is 32.1. The van der Waals surface area contributed by atoms with Gasteiger partial charge in [0.1, 0.15) is 5.82 Å². The molecule has 1 aliphatic rings. The fourth-order valence-corrected chi connectivity index (χ4v) is 3.27. The highest BCUT2D eigenvalue weighted by Gasteiger charge is 2.26. The van der Waals surface area contributed by atoms with Gasteiger partial charge in [0, 0.05) is 10.9 Å². The van der Waals surface area contributed by atoms with Gasteiger partial charge in [-0.15, -0.1) is 11.3 Å². The molecule has 1 aromatic carbocycles. The third-order valence-electron chi connectivity index (χ3n) is 3.66. The second kappa shape index (κ2) is 7.02. The number of benzene rings is 1. The van der Waals surface area contributed by atoms with E-state index in [0.29, 0.717) is 4.88 Å². The van der Waals surface area contributed by atoms with Crippen molar-refractivity contribution < 1.29 is 18.8 Å². The maximum atomic E-state index is 13.0. The first kappa shape index (κ1) is 17.1. The standard InChI is InChI=1S/C17H16FN3O3S/c1-9-8-13(25-14(9)10-2-4-11(18)5-3-10)15(22)20-21-17(24)16(23)19-12-6-7-12/h2-5,8,12H,6-7H2,1H3,(H,19,23)(H,20,22)(H,21,24). The summed E-state index contributed by atoms with van der Waals surface area (Å²) in [4.78, 5) is 36.5. The van der Waals surface area contributed by atoms with Gasteiger partial charge in [-0.2, -0.15) is 0 Å². The third-order valence-corrected chi connectivity index (χ3v) is 4.94. The van der Waals surface area contributed by atoms with Crippen LogP contribution in [0.5, 0.6) is 0 Å². The van der Waals surface area contributed by atoms with Crippen LogP contribution < -0.4 is 16.2 Å². The number of amides is 3. The maximum absolute atomic E-state index is 13.0. The Labute approximate surface area is 147 Å². The van der Waals surface area contributed by atoms with E-state index < -0.39 is 17.7 Å². The van der Waals surface area contributed by atoms with Gasteiger partial charge in [-0.3, -0.25) is 25.2 Å². The van der Waals surface area contributed by atoms with Crippen molar-refractivity contribution in [3.63, 3.8) is 0 Å². The molecule has 1 aliphatic carbocycles. The molecule has 1 aromatic heterocycles. The third kappa shape index (κ3) is 4.21. The van der Waals surface area contributed by atoms with Gasteiger partial charge in [-0.1, -0.05) is 12.1 Å². The van der Waals surface area contributed by atoms with E-state index in [1.54, 1.807) is 18.2 Å². The van der Waals surface area contributed by atoms with Crippen LogP contribution in [0.25, 0.3) is 10.4 Å². The lowest BCUT2D eigenvalue weighted by atomic mass is 10.1. The van der Waals surface area contributed by atoms with E-state index in [0.717, 1.165) is 28.8 Å². The molecule has 0 bridgehead atoms. The van der Waals surface area contributed by atoms with Crippen LogP contribution in [0.15, 0.2) is 30.3 Å². The Morgan fingerprint density at radius 3 is 2.40 bits per heavy atom. The monoisotopic (exact) mass is 361 g/mol. The zero-order chi connectivity index (χ0) is 18.0. The first-order valence-electron chi connectivity index (χ1n) is 7.71.